The van der Waals surface area contributed by atoms with Gasteiger partial charge in [0, 0.05) is 29.9 Å². The van der Waals surface area contributed by atoms with E-state index in [1.165, 1.54) is 30.0 Å². The van der Waals surface area contributed by atoms with Gasteiger partial charge in [0.1, 0.15) is 17.7 Å². The molecule has 0 radical (unpaired) electrons. The van der Waals surface area contributed by atoms with Crippen LogP contribution in [-0.2, 0) is 13.0 Å². The Labute approximate surface area is 231 Å². The third-order valence-corrected chi connectivity index (χ3v) is 6.80. The summed E-state index contributed by atoms with van der Waals surface area (Å²) in [7, 11) is 0. The molecule has 0 aliphatic heterocycles. The van der Waals surface area contributed by atoms with Crippen molar-refractivity contribution in [3.05, 3.63) is 107 Å². The fraction of sp³-hybridized carbons (Fsp3) is 0.194. The van der Waals surface area contributed by atoms with Crippen LogP contribution < -0.4 is 10.6 Å². The second-order valence-electron chi connectivity index (χ2n) is 9.56. The number of hydrogen-bond acceptors (Lipinski definition) is 6. The van der Waals surface area contributed by atoms with Crippen molar-refractivity contribution in [1.29, 1.82) is 5.26 Å². The highest BCUT2D eigenvalue weighted by atomic mass is 19.1. The molecule has 0 aliphatic carbocycles. The van der Waals surface area contributed by atoms with Gasteiger partial charge in [-0.2, -0.15) is 10.4 Å². The number of aromatic amines is 1. The molecule has 5 rings (SSSR count). The van der Waals surface area contributed by atoms with Gasteiger partial charge in [-0.05, 0) is 53.8 Å². The predicted molar refractivity (Wildman–Crippen MR) is 152 cm³/mol. The van der Waals surface area contributed by atoms with Crippen LogP contribution in [0.4, 0.5) is 10.2 Å². The summed E-state index contributed by atoms with van der Waals surface area (Å²) in [4.78, 5) is 22.0. The first kappa shape index (κ1) is 26.5. The molecular weight excluding hydrogens is 505 g/mol. The first-order valence-corrected chi connectivity index (χ1v) is 13.1. The lowest BCUT2D eigenvalue weighted by molar-refractivity contribution is 0.0940. The van der Waals surface area contributed by atoms with Gasteiger partial charge in [-0.25, -0.2) is 14.4 Å². The third kappa shape index (κ3) is 5.66. The van der Waals surface area contributed by atoms with Gasteiger partial charge in [0.15, 0.2) is 5.65 Å². The van der Waals surface area contributed by atoms with Crippen LogP contribution in [0.25, 0.3) is 22.2 Å². The van der Waals surface area contributed by atoms with E-state index >= 15 is 0 Å². The van der Waals surface area contributed by atoms with E-state index in [2.05, 4.69) is 49.9 Å². The monoisotopic (exact) mass is 533 g/mol. The van der Waals surface area contributed by atoms with E-state index in [4.69, 9.17) is 0 Å². The van der Waals surface area contributed by atoms with Crippen molar-refractivity contribution in [2.75, 3.05) is 5.32 Å². The first-order chi connectivity index (χ1) is 19.5. The molecule has 0 aliphatic rings. The zero-order valence-corrected chi connectivity index (χ0v) is 22.2. The number of aryl methyl sites for hydroxylation is 1. The van der Waals surface area contributed by atoms with Crippen LogP contribution in [0.15, 0.2) is 73.2 Å². The van der Waals surface area contributed by atoms with Crippen molar-refractivity contribution in [3.63, 3.8) is 0 Å². The molecule has 2 aromatic carbocycles. The summed E-state index contributed by atoms with van der Waals surface area (Å²) in [5.74, 6) is -0.360. The summed E-state index contributed by atoms with van der Waals surface area (Å²) in [6, 6.07) is 17.3. The topological polar surface area (TPSA) is 119 Å². The zero-order chi connectivity index (χ0) is 28.1. The van der Waals surface area contributed by atoms with Crippen LogP contribution in [0.3, 0.4) is 0 Å². The fourth-order valence-electron chi connectivity index (χ4n) is 4.66. The Kier molecular flexibility index (Phi) is 7.78. The van der Waals surface area contributed by atoms with Gasteiger partial charge in [0.2, 0.25) is 0 Å². The van der Waals surface area contributed by atoms with Gasteiger partial charge in [-0.1, -0.05) is 49.7 Å². The number of fused-ring (bicyclic) bond motifs is 1. The third-order valence-electron chi connectivity index (χ3n) is 6.80. The molecular formula is C31H28FN7O. The largest absolute Gasteiger partial charge is 0.365 e. The molecule has 200 valence electrons. The molecule has 40 heavy (non-hydrogen) atoms. The summed E-state index contributed by atoms with van der Waals surface area (Å²) in [6.07, 6.45) is 7.08. The number of rotatable bonds is 9. The molecule has 5 aromatic rings. The zero-order valence-electron chi connectivity index (χ0n) is 22.2. The number of carbonyl (C=O) groups is 1. The van der Waals surface area contributed by atoms with Crippen LogP contribution in [0, 0.1) is 17.1 Å². The molecule has 3 heterocycles. The lowest BCUT2D eigenvalue weighted by Crippen LogP contribution is -2.28. The van der Waals surface area contributed by atoms with E-state index < -0.39 is 0 Å². The van der Waals surface area contributed by atoms with Crippen molar-refractivity contribution in [2.24, 2.45) is 0 Å². The van der Waals surface area contributed by atoms with Crippen LogP contribution in [0.2, 0.25) is 0 Å². The number of pyridine rings is 2. The molecule has 8 nitrogen and oxygen atoms in total. The molecule has 0 fully saturated rings. The fourth-order valence-corrected chi connectivity index (χ4v) is 4.66. The van der Waals surface area contributed by atoms with Crippen LogP contribution >= 0.6 is 0 Å². The van der Waals surface area contributed by atoms with Crippen molar-refractivity contribution >= 4 is 22.8 Å². The highest BCUT2D eigenvalue weighted by Crippen LogP contribution is 2.29. The Bertz CT molecular complexity index is 1690. The maximum Gasteiger partial charge on any atom is 0.255 e. The molecule has 9 heteroatoms. The SMILES string of the molecule is CCCc1c(-c2ccc(CNc3ncc(C#N)cc3C(=O)N[C@@H](C)c3ccc(F)cc3)cc2)cnc2[nH]ncc12. The van der Waals surface area contributed by atoms with Gasteiger partial charge in [-0.3, -0.25) is 9.89 Å². The molecule has 3 aromatic heterocycles. The Morgan fingerprint density at radius 1 is 1.07 bits per heavy atom. The summed E-state index contributed by atoms with van der Waals surface area (Å²) in [5, 5.41) is 23.6. The van der Waals surface area contributed by atoms with E-state index in [-0.39, 0.29) is 28.9 Å². The van der Waals surface area contributed by atoms with Gasteiger partial charge in [-0.15, -0.1) is 0 Å². The number of anilines is 1. The lowest BCUT2D eigenvalue weighted by Gasteiger charge is -2.17. The molecule has 3 N–H and O–H groups in total. The Balaban J connectivity index is 1.33. The lowest BCUT2D eigenvalue weighted by atomic mass is 9.96. The molecule has 0 unspecified atom stereocenters. The molecule has 1 atom stereocenters. The standard InChI is InChI=1S/C31H28FN7O/c1-3-4-25-27(17-36-30-28(25)18-37-39-30)23-7-5-20(6-8-23)15-34-29-26(13-21(14-33)16-35-29)31(40)38-19(2)22-9-11-24(32)12-10-22/h5-13,16-19H,3-4,15H2,1-2H3,(H,34,35)(H,38,40)(H,36,37,39)/t19-/m0/s1. The molecule has 0 spiro atoms. The number of nitriles is 1. The summed E-state index contributed by atoms with van der Waals surface area (Å²) >= 11 is 0. The number of H-pyrrole nitrogens is 1. The van der Waals surface area contributed by atoms with Crippen molar-refractivity contribution in [1.82, 2.24) is 25.5 Å². The van der Waals surface area contributed by atoms with Gasteiger partial charge >= 0.3 is 0 Å². The normalized spacial score (nSPS) is 11.7. The minimum atomic E-state index is -0.384. The number of benzene rings is 2. The first-order valence-electron chi connectivity index (χ1n) is 13.1. The quantitative estimate of drug-likeness (QED) is 0.211. The van der Waals surface area contributed by atoms with Crippen LogP contribution in [-0.4, -0.2) is 26.1 Å². The van der Waals surface area contributed by atoms with E-state index in [0.717, 1.165) is 46.1 Å². The highest BCUT2D eigenvalue weighted by Gasteiger charge is 2.18. The smallest absolute Gasteiger partial charge is 0.255 e. The second kappa shape index (κ2) is 11.7. The van der Waals surface area contributed by atoms with E-state index in [0.29, 0.717) is 12.4 Å². The number of nitrogens with one attached hydrogen (secondary N) is 3. The number of aromatic nitrogens is 4. The average Bonchev–Trinajstić information content (AvgIpc) is 3.46. The molecule has 1 amide bonds. The van der Waals surface area contributed by atoms with Crippen molar-refractivity contribution < 1.29 is 9.18 Å². The van der Waals surface area contributed by atoms with Crippen LogP contribution in [0.1, 0.15) is 58.9 Å². The van der Waals surface area contributed by atoms with Gasteiger partial charge in [0.05, 0.1) is 23.4 Å². The number of carbonyl (C=O) groups excluding carboxylic acids is 1. The van der Waals surface area contributed by atoms with Crippen molar-refractivity contribution in [3.8, 4) is 17.2 Å². The minimum Gasteiger partial charge on any atom is -0.365 e. The molecule has 0 saturated carbocycles. The maximum absolute atomic E-state index is 13.3. The maximum atomic E-state index is 13.3. The van der Waals surface area contributed by atoms with Gasteiger partial charge in [0.25, 0.3) is 5.91 Å². The Morgan fingerprint density at radius 3 is 2.58 bits per heavy atom. The number of hydrogen-bond donors (Lipinski definition) is 3. The Hall–Kier alpha value is -5.10. The van der Waals surface area contributed by atoms with Crippen molar-refractivity contribution in [2.45, 2.75) is 39.3 Å². The highest BCUT2D eigenvalue weighted by molar-refractivity contribution is 5.99. The Morgan fingerprint density at radius 2 is 1.85 bits per heavy atom. The van der Waals surface area contributed by atoms with Gasteiger partial charge < -0.3 is 10.6 Å². The number of halogens is 1. The van der Waals surface area contributed by atoms with E-state index in [1.54, 1.807) is 12.1 Å². The predicted octanol–water partition coefficient (Wildman–Crippen LogP) is 6.09. The summed E-state index contributed by atoms with van der Waals surface area (Å²) in [6.45, 7) is 4.39. The number of nitrogens with zero attached hydrogens (tertiary/aromatic N) is 4. The molecule has 0 saturated heterocycles. The summed E-state index contributed by atoms with van der Waals surface area (Å²) < 4.78 is 13.3. The summed E-state index contributed by atoms with van der Waals surface area (Å²) in [5.41, 5.74) is 6.45. The second-order valence-corrected chi connectivity index (χ2v) is 9.56. The average molecular weight is 534 g/mol. The van der Waals surface area contributed by atoms with Crippen LogP contribution in [0.5, 0.6) is 0 Å². The minimum absolute atomic E-state index is 0.258. The van der Waals surface area contributed by atoms with E-state index in [9.17, 15) is 14.4 Å². The molecule has 0 bridgehead atoms. The number of amides is 1. The van der Waals surface area contributed by atoms with E-state index in [1.807, 2.05) is 37.5 Å².